The van der Waals surface area contributed by atoms with Gasteiger partial charge in [0.15, 0.2) is 0 Å². The van der Waals surface area contributed by atoms with Crippen LogP contribution in [0.1, 0.15) is 34.8 Å². The van der Waals surface area contributed by atoms with Crippen LogP contribution < -0.4 is 5.32 Å². The molecule has 1 unspecified atom stereocenters. The highest BCUT2D eigenvalue weighted by molar-refractivity contribution is 7.09. The third kappa shape index (κ3) is 3.40. The second-order valence-corrected chi connectivity index (χ2v) is 5.15. The lowest BCUT2D eigenvalue weighted by Gasteiger charge is -2.14. The topological polar surface area (TPSA) is 85.1 Å². The minimum Gasteiger partial charge on any atom is -0.343 e. The fraction of sp³-hybridized carbons (Fsp3) is 0.231. The molecule has 8 heteroatoms. The molecule has 0 saturated heterocycles. The number of benzene rings is 1. The van der Waals surface area contributed by atoms with Crippen LogP contribution in [0.15, 0.2) is 29.8 Å². The number of nitrogens with zero attached hydrogens (tertiary/aromatic N) is 2. The number of nitrogens with one attached hydrogen (secondary N) is 1. The molecule has 0 aliphatic carbocycles. The van der Waals surface area contributed by atoms with Gasteiger partial charge in [0.25, 0.3) is 5.91 Å². The molecule has 0 fully saturated rings. The number of hydrogen-bond donors (Lipinski definition) is 1. The Morgan fingerprint density at radius 1 is 1.57 bits per heavy atom. The number of carbonyl (C=O) groups is 1. The van der Waals surface area contributed by atoms with Gasteiger partial charge in [0.05, 0.1) is 11.0 Å². The van der Waals surface area contributed by atoms with E-state index in [0.717, 1.165) is 17.1 Å². The summed E-state index contributed by atoms with van der Waals surface area (Å²) in [5, 5.41) is 16.0. The van der Waals surface area contributed by atoms with E-state index in [1.165, 1.54) is 17.4 Å². The van der Waals surface area contributed by atoms with E-state index in [9.17, 15) is 19.3 Å². The zero-order valence-corrected chi connectivity index (χ0v) is 11.9. The van der Waals surface area contributed by atoms with E-state index >= 15 is 0 Å². The molecule has 1 N–H and O–H groups in total. The normalized spacial score (nSPS) is 11.9. The molecule has 2 rings (SSSR count). The Kier molecular flexibility index (Phi) is 4.59. The molecule has 6 nitrogen and oxygen atoms in total. The van der Waals surface area contributed by atoms with Gasteiger partial charge in [-0.25, -0.2) is 4.98 Å². The Morgan fingerprint density at radius 3 is 2.90 bits per heavy atom. The lowest BCUT2D eigenvalue weighted by atomic mass is 10.1. The van der Waals surface area contributed by atoms with Crippen molar-refractivity contribution >= 4 is 22.9 Å². The maximum Gasteiger partial charge on any atom is 0.305 e. The summed E-state index contributed by atoms with van der Waals surface area (Å²) in [7, 11) is 0. The van der Waals surface area contributed by atoms with Gasteiger partial charge in [0.2, 0.25) is 5.82 Å². The molecule has 21 heavy (non-hydrogen) atoms. The molecule has 1 aromatic heterocycles. The van der Waals surface area contributed by atoms with Crippen molar-refractivity contribution in [3.63, 3.8) is 0 Å². The minimum absolute atomic E-state index is 0.0399. The van der Waals surface area contributed by atoms with Crippen molar-refractivity contribution in [2.24, 2.45) is 0 Å². The van der Waals surface area contributed by atoms with Gasteiger partial charge in [-0.15, -0.1) is 11.3 Å². The van der Waals surface area contributed by atoms with Crippen molar-refractivity contribution in [1.82, 2.24) is 10.3 Å². The Hall–Kier alpha value is -2.35. The number of amides is 1. The summed E-state index contributed by atoms with van der Waals surface area (Å²) in [5.41, 5.74) is -0.678. The maximum atomic E-state index is 13.3. The van der Waals surface area contributed by atoms with Crippen molar-refractivity contribution in [2.75, 3.05) is 0 Å². The summed E-state index contributed by atoms with van der Waals surface area (Å²) >= 11 is 1.41. The van der Waals surface area contributed by atoms with E-state index in [2.05, 4.69) is 10.3 Å². The second kappa shape index (κ2) is 6.40. The maximum absolute atomic E-state index is 13.3. The monoisotopic (exact) mass is 309 g/mol. The Morgan fingerprint density at radius 2 is 2.33 bits per heavy atom. The van der Waals surface area contributed by atoms with Crippen LogP contribution in [0.25, 0.3) is 0 Å². The summed E-state index contributed by atoms with van der Waals surface area (Å²) in [6, 6.07) is 2.78. The molecular weight excluding hydrogens is 297 g/mol. The first-order valence-electron chi connectivity index (χ1n) is 6.17. The first-order valence-corrected chi connectivity index (χ1v) is 7.05. The average molecular weight is 309 g/mol. The van der Waals surface area contributed by atoms with Crippen molar-refractivity contribution in [3.05, 3.63) is 56.3 Å². The van der Waals surface area contributed by atoms with Crippen LogP contribution >= 0.6 is 11.3 Å². The number of nitro groups is 1. The number of hydrogen-bond acceptors (Lipinski definition) is 5. The van der Waals surface area contributed by atoms with Gasteiger partial charge in [-0.1, -0.05) is 6.92 Å². The van der Waals surface area contributed by atoms with Crippen molar-refractivity contribution in [1.29, 1.82) is 0 Å². The highest BCUT2D eigenvalue weighted by Gasteiger charge is 2.20. The fourth-order valence-electron chi connectivity index (χ4n) is 1.78. The zero-order chi connectivity index (χ0) is 15.4. The highest BCUT2D eigenvalue weighted by Crippen LogP contribution is 2.21. The number of nitro benzene ring substituents is 1. The molecule has 2 aromatic rings. The second-order valence-electron chi connectivity index (χ2n) is 4.23. The van der Waals surface area contributed by atoms with Crippen molar-refractivity contribution in [3.8, 4) is 0 Å². The van der Waals surface area contributed by atoms with E-state index in [1.54, 1.807) is 11.6 Å². The largest absolute Gasteiger partial charge is 0.343 e. The van der Waals surface area contributed by atoms with Crippen molar-refractivity contribution in [2.45, 2.75) is 19.4 Å². The van der Waals surface area contributed by atoms with Crippen LogP contribution in [0.3, 0.4) is 0 Å². The van der Waals surface area contributed by atoms with Crippen LogP contribution in [0.5, 0.6) is 0 Å². The highest BCUT2D eigenvalue weighted by atomic mass is 32.1. The number of aromatic nitrogens is 1. The number of halogens is 1. The molecule has 0 aliphatic rings. The van der Waals surface area contributed by atoms with Gasteiger partial charge < -0.3 is 5.32 Å². The van der Waals surface area contributed by atoms with Crippen LogP contribution in [0.2, 0.25) is 0 Å². The molecule has 0 radical (unpaired) electrons. The summed E-state index contributed by atoms with van der Waals surface area (Å²) in [6.07, 6.45) is 2.26. The standard InChI is InChI=1S/C13H12FN3O3S/c1-2-10(13-15-5-6-21-13)16-12(18)8-3-4-9(14)11(7-8)17(19)20/h3-7,10H,2H2,1H3,(H,16,18). The van der Waals surface area contributed by atoms with E-state index < -0.39 is 22.3 Å². The number of rotatable bonds is 5. The van der Waals surface area contributed by atoms with Crippen LogP contribution in [0.4, 0.5) is 10.1 Å². The number of thiazole rings is 1. The third-order valence-electron chi connectivity index (χ3n) is 2.87. The van der Waals surface area contributed by atoms with E-state index in [4.69, 9.17) is 0 Å². The molecule has 0 spiro atoms. The summed E-state index contributed by atoms with van der Waals surface area (Å²) < 4.78 is 13.3. The predicted octanol–water partition coefficient (Wildman–Crippen LogP) is 3.07. The van der Waals surface area contributed by atoms with Gasteiger partial charge >= 0.3 is 5.69 Å². The predicted molar refractivity (Wildman–Crippen MR) is 75.7 cm³/mol. The van der Waals surface area contributed by atoms with Gasteiger partial charge in [-0.3, -0.25) is 14.9 Å². The van der Waals surface area contributed by atoms with Crippen LogP contribution in [-0.4, -0.2) is 15.8 Å². The molecule has 0 saturated carbocycles. The molecule has 1 atom stereocenters. The van der Waals surface area contributed by atoms with Gasteiger partial charge in [-0.05, 0) is 18.6 Å². The lowest BCUT2D eigenvalue weighted by molar-refractivity contribution is -0.387. The first kappa shape index (κ1) is 15.0. The van der Waals surface area contributed by atoms with Gasteiger partial charge in [0, 0.05) is 23.2 Å². The summed E-state index contributed by atoms with van der Waals surface area (Å²) in [6.45, 7) is 1.89. The van der Waals surface area contributed by atoms with Crippen LogP contribution in [0, 0.1) is 15.9 Å². The van der Waals surface area contributed by atoms with Crippen LogP contribution in [-0.2, 0) is 0 Å². The quantitative estimate of drug-likeness (QED) is 0.679. The summed E-state index contributed by atoms with van der Waals surface area (Å²) in [4.78, 5) is 26.1. The third-order valence-corrected chi connectivity index (χ3v) is 3.76. The summed E-state index contributed by atoms with van der Waals surface area (Å²) in [5.74, 6) is -1.47. The fourth-order valence-corrected chi connectivity index (χ4v) is 2.55. The van der Waals surface area contributed by atoms with E-state index in [-0.39, 0.29) is 11.6 Å². The van der Waals surface area contributed by atoms with Gasteiger partial charge in [0.1, 0.15) is 5.01 Å². The molecular formula is C13H12FN3O3S. The average Bonchev–Trinajstić information content (AvgIpc) is 2.98. The zero-order valence-electron chi connectivity index (χ0n) is 11.1. The Bertz CT molecular complexity index is 661. The molecule has 110 valence electrons. The molecule has 1 amide bonds. The molecule has 0 bridgehead atoms. The van der Waals surface area contributed by atoms with Gasteiger partial charge in [-0.2, -0.15) is 4.39 Å². The SMILES string of the molecule is CCC(NC(=O)c1ccc(F)c([N+](=O)[O-])c1)c1nccs1. The van der Waals surface area contributed by atoms with Crippen molar-refractivity contribution < 1.29 is 14.1 Å². The molecule has 0 aliphatic heterocycles. The Balaban J connectivity index is 2.20. The minimum atomic E-state index is -0.969. The lowest BCUT2D eigenvalue weighted by Crippen LogP contribution is -2.28. The van der Waals surface area contributed by atoms with E-state index in [0.29, 0.717) is 6.42 Å². The Labute approximate surface area is 123 Å². The van der Waals surface area contributed by atoms with E-state index in [1.807, 2.05) is 6.92 Å². The smallest absolute Gasteiger partial charge is 0.305 e. The number of carbonyl (C=O) groups excluding carboxylic acids is 1. The molecule has 1 aromatic carbocycles. The first-order chi connectivity index (χ1) is 10.0. The molecule has 1 heterocycles.